The molecule has 0 radical (unpaired) electrons. The maximum absolute atomic E-state index is 9.85. The Labute approximate surface area is 124 Å². The molecule has 0 fully saturated rings. The Morgan fingerprint density at radius 2 is 2.20 bits per heavy atom. The lowest BCUT2D eigenvalue weighted by Crippen LogP contribution is -2.32. The van der Waals surface area contributed by atoms with Gasteiger partial charge in [-0.2, -0.15) is 0 Å². The third kappa shape index (κ3) is 5.33. The first-order chi connectivity index (χ1) is 9.74. The lowest BCUT2D eigenvalue weighted by molar-refractivity contribution is 0.106. The number of hydrogen-bond donors (Lipinski definition) is 2. The molecule has 0 aliphatic carbocycles. The van der Waals surface area contributed by atoms with E-state index in [0.717, 1.165) is 24.3 Å². The largest absolute Gasteiger partial charge is 0.491 e. The highest BCUT2D eigenvalue weighted by Gasteiger charge is 2.05. The van der Waals surface area contributed by atoms with Gasteiger partial charge in [-0.3, -0.25) is 0 Å². The van der Waals surface area contributed by atoms with Gasteiger partial charge in [0.05, 0.1) is 0 Å². The number of thiophene rings is 1. The van der Waals surface area contributed by atoms with Crippen LogP contribution in [0.3, 0.4) is 0 Å². The van der Waals surface area contributed by atoms with E-state index in [0.29, 0.717) is 13.2 Å². The molecule has 0 saturated heterocycles. The summed E-state index contributed by atoms with van der Waals surface area (Å²) in [5.74, 6) is 0.808. The minimum atomic E-state index is -0.487. The second-order valence-corrected chi connectivity index (χ2v) is 5.85. The highest BCUT2D eigenvalue weighted by molar-refractivity contribution is 7.09. The number of aryl methyl sites for hydroxylation is 1. The van der Waals surface area contributed by atoms with Crippen molar-refractivity contribution in [3.63, 3.8) is 0 Å². The Hall–Kier alpha value is -1.36. The molecule has 20 heavy (non-hydrogen) atoms. The van der Waals surface area contributed by atoms with E-state index in [4.69, 9.17) is 4.74 Å². The van der Waals surface area contributed by atoms with Gasteiger partial charge in [-0.1, -0.05) is 18.2 Å². The fourth-order valence-electron chi connectivity index (χ4n) is 1.89. The van der Waals surface area contributed by atoms with Crippen molar-refractivity contribution in [3.8, 4) is 5.75 Å². The highest BCUT2D eigenvalue weighted by Crippen LogP contribution is 2.12. The normalized spacial score (nSPS) is 12.3. The first-order valence-electron chi connectivity index (χ1n) is 6.84. The number of aliphatic hydroxyl groups is 1. The van der Waals surface area contributed by atoms with Crippen molar-refractivity contribution in [1.82, 2.24) is 5.32 Å². The van der Waals surface area contributed by atoms with Crippen LogP contribution in [0.25, 0.3) is 0 Å². The molecule has 2 aromatic rings. The second kappa shape index (κ2) is 8.04. The van der Waals surface area contributed by atoms with Crippen molar-refractivity contribution in [2.24, 2.45) is 0 Å². The molecular formula is C16H21NO2S. The first kappa shape index (κ1) is 15.0. The molecule has 1 atom stereocenters. The number of benzene rings is 1. The van der Waals surface area contributed by atoms with Gasteiger partial charge >= 0.3 is 0 Å². The SMILES string of the molecule is Cc1cccc(OCC(O)CNCCc2cccs2)c1. The zero-order valence-corrected chi connectivity index (χ0v) is 12.5. The summed E-state index contributed by atoms with van der Waals surface area (Å²) < 4.78 is 5.56. The van der Waals surface area contributed by atoms with E-state index in [1.54, 1.807) is 11.3 Å². The minimum Gasteiger partial charge on any atom is -0.491 e. The fourth-order valence-corrected chi connectivity index (χ4v) is 2.60. The summed E-state index contributed by atoms with van der Waals surface area (Å²) in [6.07, 6.45) is 0.516. The third-order valence-electron chi connectivity index (χ3n) is 2.94. The van der Waals surface area contributed by atoms with Crippen molar-refractivity contribution in [2.75, 3.05) is 19.7 Å². The molecule has 0 aliphatic heterocycles. The quantitative estimate of drug-likeness (QED) is 0.735. The topological polar surface area (TPSA) is 41.5 Å². The second-order valence-electron chi connectivity index (χ2n) is 4.81. The van der Waals surface area contributed by atoms with Crippen molar-refractivity contribution < 1.29 is 9.84 Å². The van der Waals surface area contributed by atoms with Crippen molar-refractivity contribution in [1.29, 1.82) is 0 Å². The molecule has 1 unspecified atom stereocenters. The maximum Gasteiger partial charge on any atom is 0.119 e. The third-order valence-corrected chi connectivity index (χ3v) is 3.88. The fraction of sp³-hybridized carbons (Fsp3) is 0.375. The summed E-state index contributed by atoms with van der Waals surface area (Å²) >= 11 is 1.76. The van der Waals surface area contributed by atoms with E-state index in [1.165, 1.54) is 4.88 Å². The summed E-state index contributed by atoms with van der Waals surface area (Å²) in [7, 11) is 0. The van der Waals surface area contributed by atoms with E-state index in [-0.39, 0.29) is 0 Å². The standard InChI is InChI=1S/C16H21NO2S/c1-13-4-2-5-15(10-13)19-12-14(18)11-17-8-7-16-6-3-9-20-16/h2-6,9-10,14,17-18H,7-8,11-12H2,1H3. The van der Waals surface area contributed by atoms with Gasteiger partial charge in [0.1, 0.15) is 18.5 Å². The van der Waals surface area contributed by atoms with Crippen LogP contribution in [0.15, 0.2) is 41.8 Å². The number of hydrogen-bond acceptors (Lipinski definition) is 4. The van der Waals surface area contributed by atoms with Crippen LogP contribution in [0, 0.1) is 6.92 Å². The van der Waals surface area contributed by atoms with Gasteiger partial charge in [-0.15, -0.1) is 11.3 Å². The Morgan fingerprint density at radius 3 is 2.95 bits per heavy atom. The number of ether oxygens (including phenoxy) is 1. The lowest BCUT2D eigenvalue weighted by atomic mass is 10.2. The van der Waals surface area contributed by atoms with E-state index >= 15 is 0 Å². The first-order valence-corrected chi connectivity index (χ1v) is 7.72. The van der Waals surface area contributed by atoms with Crippen LogP contribution in [0.5, 0.6) is 5.75 Å². The van der Waals surface area contributed by atoms with Crippen LogP contribution in [0.1, 0.15) is 10.4 Å². The monoisotopic (exact) mass is 291 g/mol. The minimum absolute atomic E-state index is 0.315. The van der Waals surface area contributed by atoms with Crippen LogP contribution in [-0.2, 0) is 6.42 Å². The Balaban J connectivity index is 1.59. The van der Waals surface area contributed by atoms with Crippen molar-refractivity contribution in [2.45, 2.75) is 19.4 Å². The molecule has 1 aromatic carbocycles. The molecule has 3 nitrogen and oxygen atoms in total. The predicted octanol–water partition coefficient (Wildman–Crippen LogP) is 2.63. The van der Waals surface area contributed by atoms with Crippen LogP contribution in [-0.4, -0.2) is 30.9 Å². The average Bonchev–Trinajstić information content (AvgIpc) is 2.95. The maximum atomic E-state index is 9.85. The Kier molecular flexibility index (Phi) is 6.05. The highest BCUT2D eigenvalue weighted by atomic mass is 32.1. The molecule has 1 heterocycles. The van der Waals surface area contributed by atoms with Crippen LogP contribution >= 0.6 is 11.3 Å². The molecular weight excluding hydrogens is 270 g/mol. The number of rotatable bonds is 8. The van der Waals surface area contributed by atoms with E-state index < -0.39 is 6.10 Å². The van der Waals surface area contributed by atoms with Gasteiger partial charge in [0.15, 0.2) is 0 Å². The van der Waals surface area contributed by atoms with Gasteiger partial charge in [0, 0.05) is 18.0 Å². The molecule has 108 valence electrons. The molecule has 2 rings (SSSR count). The molecule has 0 aliphatic rings. The summed E-state index contributed by atoms with van der Waals surface area (Å²) in [6, 6.07) is 12.0. The smallest absolute Gasteiger partial charge is 0.119 e. The van der Waals surface area contributed by atoms with E-state index in [1.807, 2.05) is 31.2 Å². The van der Waals surface area contributed by atoms with Gasteiger partial charge in [0.2, 0.25) is 0 Å². The summed E-state index contributed by atoms with van der Waals surface area (Å²) in [6.45, 7) is 3.77. The molecule has 1 aromatic heterocycles. The van der Waals surface area contributed by atoms with Crippen LogP contribution in [0.4, 0.5) is 0 Å². The summed E-state index contributed by atoms with van der Waals surface area (Å²) in [5, 5.41) is 15.2. The summed E-state index contributed by atoms with van der Waals surface area (Å²) in [4.78, 5) is 1.36. The molecule has 4 heteroatoms. The lowest BCUT2D eigenvalue weighted by Gasteiger charge is -2.13. The van der Waals surface area contributed by atoms with E-state index in [9.17, 15) is 5.11 Å². The number of aliphatic hydroxyl groups excluding tert-OH is 1. The van der Waals surface area contributed by atoms with Crippen molar-refractivity contribution >= 4 is 11.3 Å². The van der Waals surface area contributed by atoms with Crippen LogP contribution in [0.2, 0.25) is 0 Å². The molecule has 0 spiro atoms. The predicted molar refractivity (Wildman–Crippen MR) is 83.6 cm³/mol. The van der Waals surface area contributed by atoms with Gasteiger partial charge in [-0.05, 0) is 42.5 Å². The van der Waals surface area contributed by atoms with Gasteiger partial charge in [-0.25, -0.2) is 0 Å². The van der Waals surface area contributed by atoms with Crippen molar-refractivity contribution in [3.05, 3.63) is 52.2 Å². The Bertz CT molecular complexity index is 499. The molecule has 0 amide bonds. The van der Waals surface area contributed by atoms with Gasteiger partial charge in [0.25, 0.3) is 0 Å². The van der Waals surface area contributed by atoms with E-state index in [2.05, 4.69) is 22.8 Å². The zero-order chi connectivity index (χ0) is 14.2. The zero-order valence-electron chi connectivity index (χ0n) is 11.7. The average molecular weight is 291 g/mol. The molecule has 0 bridgehead atoms. The summed E-state index contributed by atoms with van der Waals surface area (Å²) in [5.41, 5.74) is 1.16. The Morgan fingerprint density at radius 1 is 1.30 bits per heavy atom. The van der Waals surface area contributed by atoms with Gasteiger partial charge < -0.3 is 15.2 Å². The number of nitrogens with one attached hydrogen (secondary N) is 1. The molecule has 2 N–H and O–H groups in total. The molecule has 0 saturated carbocycles. The van der Waals surface area contributed by atoms with Crippen LogP contribution < -0.4 is 10.1 Å².